The highest BCUT2D eigenvalue weighted by Crippen LogP contribution is 2.47. The highest BCUT2D eigenvalue weighted by molar-refractivity contribution is 6.74. The maximum atomic E-state index is 6.99. The van der Waals surface area contributed by atoms with Crippen molar-refractivity contribution in [3.8, 4) is 0 Å². The predicted octanol–water partition coefficient (Wildman–Crippen LogP) is 10.2. The summed E-state index contributed by atoms with van der Waals surface area (Å²) in [7, 11) is -3.61. The second kappa shape index (κ2) is 10.1. The summed E-state index contributed by atoms with van der Waals surface area (Å²) >= 11 is 0. The van der Waals surface area contributed by atoms with Crippen molar-refractivity contribution < 1.29 is 8.85 Å². The van der Waals surface area contributed by atoms with Crippen molar-refractivity contribution in [3.05, 3.63) is 45.6 Å². The lowest BCUT2D eigenvalue weighted by atomic mass is 9.86. The Morgan fingerprint density at radius 3 is 1.28 bits per heavy atom. The molecule has 0 radical (unpaired) electrons. The van der Waals surface area contributed by atoms with Crippen molar-refractivity contribution in [3.63, 3.8) is 0 Å². The molecule has 0 saturated carbocycles. The topological polar surface area (TPSA) is 18.5 Å². The molecule has 2 atom stereocenters. The van der Waals surface area contributed by atoms with Crippen molar-refractivity contribution in [1.29, 1.82) is 0 Å². The molecule has 36 heavy (non-hydrogen) atoms. The van der Waals surface area contributed by atoms with Crippen molar-refractivity contribution in [1.82, 2.24) is 0 Å². The third kappa shape index (κ3) is 5.67. The molecule has 0 N–H and O–H groups in total. The van der Waals surface area contributed by atoms with Crippen molar-refractivity contribution >= 4 is 16.6 Å². The molecule has 0 aromatic rings. The van der Waals surface area contributed by atoms with Crippen LogP contribution in [0.3, 0.4) is 0 Å². The van der Waals surface area contributed by atoms with Gasteiger partial charge < -0.3 is 8.85 Å². The van der Waals surface area contributed by atoms with Crippen LogP contribution in [0.15, 0.2) is 45.6 Å². The molecule has 4 heteroatoms. The zero-order valence-electron chi connectivity index (χ0n) is 25.2. The van der Waals surface area contributed by atoms with E-state index in [1.165, 1.54) is 51.4 Å². The van der Waals surface area contributed by atoms with Crippen molar-refractivity contribution in [2.45, 2.75) is 154 Å². The minimum atomic E-state index is -1.81. The average Bonchev–Trinajstić information content (AvgIpc) is 3.28. The summed E-state index contributed by atoms with van der Waals surface area (Å²) in [5.74, 6) is 0. The van der Waals surface area contributed by atoms with Crippen LogP contribution in [-0.4, -0.2) is 28.8 Å². The second-order valence-corrected chi connectivity index (χ2v) is 24.4. The lowest BCUT2D eigenvalue weighted by Gasteiger charge is -2.39. The third-order valence-electron chi connectivity index (χ3n) is 10.3. The minimum Gasteiger partial charge on any atom is -0.407 e. The number of hydrogen-bond donors (Lipinski definition) is 0. The molecule has 0 aromatic heterocycles. The average molecular weight is 527 g/mol. The van der Waals surface area contributed by atoms with Gasteiger partial charge in [0.05, 0.1) is 12.2 Å². The van der Waals surface area contributed by atoms with E-state index in [0.717, 1.165) is 12.8 Å². The first-order valence-corrected chi connectivity index (χ1v) is 20.6. The van der Waals surface area contributed by atoms with Crippen LogP contribution in [0.1, 0.15) is 106 Å². The van der Waals surface area contributed by atoms with Gasteiger partial charge in [0, 0.05) is 0 Å². The van der Waals surface area contributed by atoms with Gasteiger partial charge in [-0.1, -0.05) is 41.5 Å². The molecule has 0 bridgehead atoms. The van der Waals surface area contributed by atoms with Crippen LogP contribution in [-0.2, 0) is 8.85 Å². The van der Waals surface area contributed by atoms with Crippen LogP contribution in [0.25, 0.3) is 0 Å². The maximum absolute atomic E-state index is 6.99. The van der Waals surface area contributed by atoms with E-state index in [0.29, 0.717) is 0 Å². The zero-order valence-corrected chi connectivity index (χ0v) is 27.2. The van der Waals surface area contributed by atoms with Gasteiger partial charge in [-0.3, -0.25) is 0 Å². The summed E-state index contributed by atoms with van der Waals surface area (Å²) in [6.07, 6.45) is 18.1. The van der Waals surface area contributed by atoms with Crippen LogP contribution in [0, 0.1) is 0 Å². The molecule has 4 aliphatic carbocycles. The first kappa shape index (κ1) is 28.3. The van der Waals surface area contributed by atoms with Gasteiger partial charge >= 0.3 is 0 Å². The maximum Gasteiger partial charge on any atom is 0.193 e. The lowest BCUT2D eigenvalue weighted by Crippen LogP contribution is -2.43. The monoisotopic (exact) mass is 526 g/mol. The van der Waals surface area contributed by atoms with Gasteiger partial charge in [-0.25, -0.2) is 0 Å². The Kier molecular flexibility index (Phi) is 7.97. The standard InChI is InChI=1S/C32H54O2Si2/c1-31(2,3)35(7,8)33-29-21-23(25-15-11-13-17-27(25)29)19-20-24-22-30(28-18-14-12-16-26(24)28)34-36(9,10)32(4,5)6/h21-22,29-30H,11-20H2,1-10H3/t29-,30+. The van der Waals surface area contributed by atoms with Crippen LogP contribution in [0.4, 0.5) is 0 Å². The van der Waals surface area contributed by atoms with E-state index >= 15 is 0 Å². The van der Waals surface area contributed by atoms with E-state index in [4.69, 9.17) is 8.85 Å². The smallest absolute Gasteiger partial charge is 0.193 e. The Morgan fingerprint density at radius 2 is 0.944 bits per heavy atom. The Bertz CT molecular complexity index is 899. The number of rotatable bonds is 7. The van der Waals surface area contributed by atoms with Gasteiger partial charge in [0.1, 0.15) is 0 Å². The highest BCUT2D eigenvalue weighted by atomic mass is 28.4. The fraction of sp³-hybridized carbons (Fsp3) is 0.750. The summed E-state index contributed by atoms with van der Waals surface area (Å²) in [6, 6.07) is 0. The normalized spacial score (nSPS) is 25.7. The van der Waals surface area contributed by atoms with Gasteiger partial charge in [0.15, 0.2) is 16.6 Å². The number of hydrogen-bond acceptors (Lipinski definition) is 2. The molecule has 0 saturated heterocycles. The molecule has 0 aliphatic heterocycles. The quantitative estimate of drug-likeness (QED) is 0.307. The summed E-state index contributed by atoms with van der Waals surface area (Å²) in [4.78, 5) is 0. The summed E-state index contributed by atoms with van der Waals surface area (Å²) < 4.78 is 14.0. The largest absolute Gasteiger partial charge is 0.407 e. The fourth-order valence-corrected chi connectivity index (χ4v) is 8.32. The Morgan fingerprint density at radius 1 is 0.611 bits per heavy atom. The van der Waals surface area contributed by atoms with Crippen LogP contribution in [0.5, 0.6) is 0 Å². The number of allylic oxidation sites excluding steroid dienone is 4. The molecular weight excluding hydrogens is 473 g/mol. The highest BCUT2D eigenvalue weighted by Gasteiger charge is 2.43. The van der Waals surface area contributed by atoms with E-state index in [-0.39, 0.29) is 22.3 Å². The second-order valence-electron chi connectivity index (χ2n) is 14.9. The SMILES string of the molecule is CC(C)(C)[Si](C)(C)O[C@H]1C=C(CCC2=C[C@@H](O[Si](C)(C)C(C)(C)C)C3=C2CCCC3)C2=C1CCCC2. The van der Waals surface area contributed by atoms with Gasteiger partial charge in [-0.05, 0) is 146 Å². The Balaban J connectivity index is 1.53. The molecular formula is C32H54O2Si2. The molecule has 0 spiro atoms. The molecule has 4 aliphatic rings. The van der Waals surface area contributed by atoms with E-state index < -0.39 is 16.6 Å². The third-order valence-corrected chi connectivity index (χ3v) is 19.2. The molecule has 0 unspecified atom stereocenters. The summed E-state index contributed by atoms with van der Waals surface area (Å²) in [5.41, 5.74) is 9.77. The van der Waals surface area contributed by atoms with Gasteiger partial charge in [-0.15, -0.1) is 0 Å². The van der Waals surface area contributed by atoms with Gasteiger partial charge in [0.25, 0.3) is 0 Å². The molecule has 202 valence electrons. The van der Waals surface area contributed by atoms with Crippen LogP contribution < -0.4 is 0 Å². The fourth-order valence-electron chi connectivity index (χ4n) is 5.92. The Labute approximate surface area is 225 Å². The summed E-state index contributed by atoms with van der Waals surface area (Å²) in [6.45, 7) is 23.8. The minimum absolute atomic E-state index is 0.230. The lowest BCUT2D eigenvalue weighted by molar-refractivity contribution is 0.252. The molecule has 0 amide bonds. The predicted molar refractivity (Wildman–Crippen MR) is 161 cm³/mol. The summed E-state index contributed by atoms with van der Waals surface area (Å²) in [5, 5.41) is 0.493. The van der Waals surface area contributed by atoms with E-state index in [9.17, 15) is 0 Å². The molecule has 0 fully saturated rings. The van der Waals surface area contributed by atoms with Crippen LogP contribution in [0.2, 0.25) is 36.3 Å². The van der Waals surface area contributed by atoms with Gasteiger partial charge in [0.2, 0.25) is 0 Å². The van der Waals surface area contributed by atoms with E-state index in [2.05, 4.69) is 79.9 Å². The first-order chi connectivity index (χ1) is 16.6. The van der Waals surface area contributed by atoms with Crippen LogP contribution >= 0.6 is 0 Å². The molecule has 2 nitrogen and oxygen atoms in total. The molecule has 0 heterocycles. The van der Waals surface area contributed by atoms with Crippen molar-refractivity contribution in [2.75, 3.05) is 0 Å². The van der Waals surface area contributed by atoms with E-state index in [1.54, 1.807) is 33.4 Å². The van der Waals surface area contributed by atoms with E-state index in [1.807, 2.05) is 0 Å². The molecule has 4 rings (SSSR count). The first-order valence-electron chi connectivity index (χ1n) is 14.8. The molecule has 0 aromatic carbocycles. The van der Waals surface area contributed by atoms with Crippen molar-refractivity contribution in [2.24, 2.45) is 0 Å². The van der Waals surface area contributed by atoms with Gasteiger partial charge in [-0.2, -0.15) is 0 Å². The zero-order chi connectivity index (χ0) is 26.5. The Hall–Kier alpha value is -0.686.